The number of nitrogens with zero attached hydrogens (tertiary/aromatic N) is 1. The zero-order chi connectivity index (χ0) is 14.9. The van der Waals surface area contributed by atoms with Crippen LogP contribution in [0.25, 0.3) is 0 Å². The first-order valence-corrected chi connectivity index (χ1v) is 6.23. The third-order valence-corrected chi connectivity index (χ3v) is 2.91. The number of amides is 1. The van der Waals surface area contributed by atoms with E-state index in [1.165, 1.54) is 18.2 Å². The van der Waals surface area contributed by atoms with E-state index in [1.807, 2.05) is 20.8 Å². The highest BCUT2D eigenvalue weighted by Crippen LogP contribution is 2.23. The van der Waals surface area contributed by atoms with Crippen LogP contribution in [-0.2, 0) is 5.41 Å². The number of benzene rings is 1. The number of aromatic hydroxyl groups is 1. The van der Waals surface area contributed by atoms with Crippen molar-refractivity contribution in [1.29, 1.82) is 0 Å². The molecule has 1 heterocycles. The summed E-state index contributed by atoms with van der Waals surface area (Å²) in [5.41, 5.74) is 7.06. The number of hydrogen-bond acceptors (Lipinski definition) is 4. The number of carbonyl (C=O) groups is 1. The minimum atomic E-state index is -0.412. The fourth-order valence-corrected chi connectivity index (χ4v) is 1.69. The summed E-state index contributed by atoms with van der Waals surface area (Å²) in [6.45, 7) is 6.12. The van der Waals surface area contributed by atoms with Gasteiger partial charge in [0.1, 0.15) is 5.75 Å². The highest BCUT2D eigenvalue weighted by atomic mass is 16.3. The van der Waals surface area contributed by atoms with E-state index in [2.05, 4.69) is 15.5 Å². The normalized spacial score (nSPS) is 11.3. The number of rotatable bonds is 2. The van der Waals surface area contributed by atoms with Crippen molar-refractivity contribution in [2.45, 2.75) is 26.2 Å². The molecule has 2 rings (SSSR count). The van der Waals surface area contributed by atoms with E-state index in [0.717, 1.165) is 5.69 Å². The maximum atomic E-state index is 12.1. The Bertz CT molecular complexity index is 641. The number of phenolic OH excluding ortho intramolecular Hbond substituents is 1. The Hall–Kier alpha value is -2.50. The Morgan fingerprint density at radius 2 is 2.05 bits per heavy atom. The van der Waals surface area contributed by atoms with Crippen LogP contribution in [0, 0.1) is 0 Å². The summed E-state index contributed by atoms with van der Waals surface area (Å²) in [5.74, 6) is -0.00483. The second-order valence-corrected chi connectivity index (χ2v) is 5.64. The third-order valence-electron chi connectivity index (χ3n) is 2.91. The molecule has 6 nitrogen and oxygen atoms in total. The van der Waals surface area contributed by atoms with Crippen molar-refractivity contribution in [2.24, 2.45) is 0 Å². The van der Waals surface area contributed by atoms with Crippen molar-refractivity contribution in [3.63, 3.8) is 0 Å². The average Bonchev–Trinajstić information content (AvgIpc) is 2.80. The smallest absolute Gasteiger partial charge is 0.259 e. The molecule has 0 atom stereocenters. The van der Waals surface area contributed by atoms with Crippen molar-refractivity contribution in [1.82, 2.24) is 10.2 Å². The first-order chi connectivity index (χ1) is 9.27. The summed E-state index contributed by atoms with van der Waals surface area (Å²) in [5, 5.41) is 19.0. The van der Waals surface area contributed by atoms with Gasteiger partial charge in [0.2, 0.25) is 0 Å². The number of H-pyrrole nitrogens is 1. The average molecular weight is 274 g/mol. The van der Waals surface area contributed by atoms with Crippen LogP contribution in [0.2, 0.25) is 0 Å². The highest BCUT2D eigenvalue weighted by molar-refractivity contribution is 6.07. The van der Waals surface area contributed by atoms with Crippen LogP contribution in [-0.4, -0.2) is 21.2 Å². The van der Waals surface area contributed by atoms with E-state index in [9.17, 15) is 9.90 Å². The fourth-order valence-electron chi connectivity index (χ4n) is 1.69. The topological polar surface area (TPSA) is 104 Å². The van der Waals surface area contributed by atoms with Crippen LogP contribution in [0.3, 0.4) is 0 Å². The predicted octanol–water partition coefficient (Wildman–Crippen LogP) is 2.25. The van der Waals surface area contributed by atoms with Crippen LogP contribution >= 0.6 is 0 Å². The van der Waals surface area contributed by atoms with Crippen LogP contribution in [0.4, 0.5) is 11.5 Å². The van der Waals surface area contributed by atoms with Crippen molar-refractivity contribution < 1.29 is 9.90 Å². The molecule has 5 N–H and O–H groups in total. The molecule has 2 aromatic rings. The first kappa shape index (κ1) is 13.9. The first-order valence-electron chi connectivity index (χ1n) is 6.23. The molecule has 1 amide bonds. The standard InChI is InChI=1S/C14H18N4O2/c1-14(2,3)11-7-12(18-17-11)16-13(20)9-6-8(19)4-5-10(9)15/h4-7,19H,15H2,1-3H3,(H2,16,17,18,20). The number of aromatic amines is 1. The summed E-state index contributed by atoms with van der Waals surface area (Å²) < 4.78 is 0. The van der Waals surface area contributed by atoms with Crippen LogP contribution in [0.1, 0.15) is 36.8 Å². The summed E-state index contributed by atoms with van der Waals surface area (Å²) in [6.07, 6.45) is 0. The molecule has 6 heteroatoms. The van der Waals surface area contributed by atoms with Gasteiger partial charge in [0.15, 0.2) is 5.82 Å². The van der Waals surface area contributed by atoms with E-state index in [0.29, 0.717) is 11.5 Å². The second-order valence-electron chi connectivity index (χ2n) is 5.64. The Balaban J connectivity index is 2.20. The van der Waals surface area contributed by atoms with Crippen molar-refractivity contribution in [3.8, 4) is 5.75 Å². The van der Waals surface area contributed by atoms with Gasteiger partial charge in [-0.05, 0) is 18.2 Å². The molecule has 1 aromatic carbocycles. The van der Waals surface area contributed by atoms with Crippen LogP contribution < -0.4 is 11.1 Å². The van der Waals surface area contributed by atoms with Gasteiger partial charge in [-0.15, -0.1) is 0 Å². The van der Waals surface area contributed by atoms with Gasteiger partial charge in [0.25, 0.3) is 5.91 Å². The Kier molecular flexibility index (Phi) is 3.40. The van der Waals surface area contributed by atoms with E-state index in [-0.39, 0.29) is 16.7 Å². The number of aromatic nitrogens is 2. The molecular weight excluding hydrogens is 256 g/mol. The molecule has 0 aliphatic carbocycles. The Labute approximate surface area is 117 Å². The molecule has 20 heavy (non-hydrogen) atoms. The molecule has 0 radical (unpaired) electrons. The van der Waals surface area contributed by atoms with Gasteiger partial charge in [0, 0.05) is 22.9 Å². The summed E-state index contributed by atoms with van der Waals surface area (Å²) >= 11 is 0. The molecule has 0 saturated heterocycles. The molecule has 106 valence electrons. The third kappa shape index (κ3) is 2.90. The van der Waals surface area contributed by atoms with E-state index < -0.39 is 5.91 Å². The Morgan fingerprint density at radius 1 is 1.35 bits per heavy atom. The molecule has 0 aliphatic heterocycles. The van der Waals surface area contributed by atoms with Gasteiger partial charge >= 0.3 is 0 Å². The number of anilines is 2. The number of nitrogen functional groups attached to an aromatic ring is 1. The van der Waals surface area contributed by atoms with Gasteiger partial charge in [-0.3, -0.25) is 9.89 Å². The molecule has 1 aromatic heterocycles. The number of nitrogens with two attached hydrogens (primary N) is 1. The summed E-state index contributed by atoms with van der Waals surface area (Å²) in [4.78, 5) is 12.1. The number of hydrogen-bond donors (Lipinski definition) is 4. The zero-order valence-corrected chi connectivity index (χ0v) is 11.7. The van der Waals surface area contributed by atoms with Crippen molar-refractivity contribution in [2.75, 3.05) is 11.1 Å². The summed E-state index contributed by atoms with van der Waals surface area (Å²) in [6, 6.07) is 6.01. The maximum Gasteiger partial charge on any atom is 0.259 e. The summed E-state index contributed by atoms with van der Waals surface area (Å²) in [7, 11) is 0. The molecule has 0 saturated carbocycles. The quantitative estimate of drug-likeness (QED) is 0.498. The van der Waals surface area contributed by atoms with Gasteiger partial charge < -0.3 is 16.2 Å². The minimum Gasteiger partial charge on any atom is -0.508 e. The number of phenols is 1. The van der Waals surface area contributed by atoms with Gasteiger partial charge in [-0.2, -0.15) is 5.10 Å². The molecule has 0 aliphatic rings. The van der Waals surface area contributed by atoms with Crippen LogP contribution in [0.5, 0.6) is 5.75 Å². The fraction of sp³-hybridized carbons (Fsp3) is 0.286. The lowest BCUT2D eigenvalue weighted by atomic mass is 9.92. The molecule has 0 fully saturated rings. The van der Waals surface area contributed by atoms with Gasteiger partial charge in [-0.25, -0.2) is 0 Å². The molecule has 0 spiro atoms. The lowest BCUT2D eigenvalue weighted by Gasteiger charge is -2.14. The predicted molar refractivity (Wildman–Crippen MR) is 77.8 cm³/mol. The molecule has 0 unspecified atom stereocenters. The maximum absolute atomic E-state index is 12.1. The number of nitrogens with one attached hydrogen (secondary N) is 2. The van der Waals surface area contributed by atoms with Gasteiger partial charge in [-0.1, -0.05) is 20.8 Å². The monoisotopic (exact) mass is 274 g/mol. The van der Waals surface area contributed by atoms with Crippen molar-refractivity contribution in [3.05, 3.63) is 35.5 Å². The van der Waals surface area contributed by atoms with Crippen molar-refractivity contribution >= 4 is 17.4 Å². The lowest BCUT2D eigenvalue weighted by molar-refractivity contribution is 0.102. The minimum absolute atomic E-state index is 0.0123. The largest absolute Gasteiger partial charge is 0.508 e. The zero-order valence-electron chi connectivity index (χ0n) is 11.7. The van der Waals surface area contributed by atoms with Crippen LogP contribution in [0.15, 0.2) is 24.3 Å². The van der Waals surface area contributed by atoms with E-state index in [1.54, 1.807) is 6.07 Å². The van der Waals surface area contributed by atoms with Gasteiger partial charge in [0.05, 0.1) is 5.56 Å². The van der Waals surface area contributed by atoms with E-state index in [4.69, 9.17) is 5.73 Å². The SMILES string of the molecule is CC(C)(C)c1cc(NC(=O)c2cc(O)ccc2N)n[nH]1. The number of carbonyl (C=O) groups excluding carboxylic acids is 1. The Morgan fingerprint density at radius 3 is 2.65 bits per heavy atom. The molecule has 0 bridgehead atoms. The lowest BCUT2D eigenvalue weighted by Crippen LogP contribution is -2.14. The highest BCUT2D eigenvalue weighted by Gasteiger charge is 2.18. The van der Waals surface area contributed by atoms with E-state index >= 15 is 0 Å². The molecular formula is C14H18N4O2. The second kappa shape index (κ2) is 4.88.